The maximum absolute atomic E-state index is 13.7. The van der Waals surface area contributed by atoms with E-state index in [0.29, 0.717) is 11.4 Å². The molecule has 0 amide bonds. The van der Waals surface area contributed by atoms with Gasteiger partial charge in [-0.15, -0.1) is 5.10 Å². The summed E-state index contributed by atoms with van der Waals surface area (Å²) >= 11 is 0. The molecule has 2 aromatic rings. The van der Waals surface area contributed by atoms with Crippen molar-refractivity contribution in [3.05, 3.63) is 24.0 Å². The smallest absolute Gasteiger partial charge is 0.182 e. The predicted molar refractivity (Wildman–Crippen MR) is 81.1 cm³/mol. The number of rotatable bonds is 7. The van der Waals surface area contributed by atoms with Crippen LogP contribution < -0.4 is 5.73 Å². The molecule has 0 fully saturated rings. The van der Waals surface area contributed by atoms with Crippen LogP contribution in [0.4, 0.5) is 10.1 Å². The summed E-state index contributed by atoms with van der Waals surface area (Å²) in [4.78, 5) is 0. The molecule has 2 rings (SSSR count). The lowest BCUT2D eigenvalue weighted by molar-refractivity contribution is 0.380. The van der Waals surface area contributed by atoms with Crippen molar-refractivity contribution in [3.63, 3.8) is 0 Å². The molecule has 1 aromatic heterocycles. The highest BCUT2D eigenvalue weighted by molar-refractivity contribution is 5.59. The van der Waals surface area contributed by atoms with Crippen molar-refractivity contribution < 1.29 is 4.39 Å². The second-order valence-corrected chi connectivity index (χ2v) is 5.27. The van der Waals surface area contributed by atoms with Gasteiger partial charge in [-0.2, -0.15) is 0 Å². The molecular formula is C15H22FN5. The summed E-state index contributed by atoms with van der Waals surface area (Å²) in [6, 6.07) is 4.94. The molecule has 114 valence electrons. The molecule has 1 aromatic carbocycles. The average Bonchev–Trinajstić information content (AvgIpc) is 2.95. The number of unbranched alkanes of at least 4 members (excludes halogenated alkanes) is 1. The number of nitrogen functional groups attached to an aromatic ring is 1. The van der Waals surface area contributed by atoms with Gasteiger partial charge in [-0.1, -0.05) is 33.1 Å². The molecular weight excluding hydrogens is 269 g/mol. The fourth-order valence-electron chi connectivity index (χ4n) is 2.46. The summed E-state index contributed by atoms with van der Waals surface area (Å²) in [5.74, 6) is 0.158. The van der Waals surface area contributed by atoms with Crippen LogP contribution >= 0.6 is 0 Å². The summed E-state index contributed by atoms with van der Waals surface area (Å²) in [5.41, 5.74) is 6.31. The van der Waals surface area contributed by atoms with Crippen molar-refractivity contribution >= 4 is 5.69 Å². The Morgan fingerprint density at radius 3 is 2.71 bits per heavy atom. The molecule has 0 aliphatic rings. The molecule has 1 atom stereocenters. The number of tetrazole rings is 1. The third-order valence-electron chi connectivity index (χ3n) is 3.61. The minimum Gasteiger partial charge on any atom is -0.396 e. The maximum Gasteiger partial charge on any atom is 0.182 e. The first kappa shape index (κ1) is 15.4. The van der Waals surface area contributed by atoms with E-state index in [1.807, 2.05) is 4.68 Å². The van der Waals surface area contributed by atoms with E-state index in [1.54, 1.807) is 12.1 Å². The van der Waals surface area contributed by atoms with E-state index in [-0.39, 0.29) is 11.7 Å². The van der Waals surface area contributed by atoms with Gasteiger partial charge in [0.2, 0.25) is 0 Å². The Balaban J connectivity index is 2.33. The number of anilines is 1. The second kappa shape index (κ2) is 7.15. The molecule has 6 heteroatoms. The molecule has 0 bridgehead atoms. The highest BCUT2D eigenvalue weighted by Gasteiger charge is 2.18. The lowest BCUT2D eigenvalue weighted by Gasteiger charge is -2.17. The minimum absolute atomic E-state index is 0.133. The van der Waals surface area contributed by atoms with Crippen LogP contribution in [-0.2, 0) is 0 Å². The van der Waals surface area contributed by atoms with Crippen molar-refractivity contribution in [1.82, 2.24) is 20.2 Å². The van der Waals surface area contributed by atoms with Gasteiger partial charge < -0.3 is 5.73 Å². The second-order valence-electron chi connectivity index (χ2n) is 5.27. The van der Waals surface area contributed by atoms with Crippen LogP contribution in [0.25, 0.3) is 11.4 Å². The Labute approximate surface area is 124 Å². The third-order valence-corrected chi connectivity index (χ3v) is 3.61. The first-order chi connectivity index (χ1) is 10.2. The highest BCUT2D eigenvalue weighted by atomic mass is 19.1. The molecule has 0 spiro atoms. The van der Waals surface area contributed by atoms with Crippen LogP contribution in [0.1, 0.15) is 52.0 Å². The number of halogens is 1. The van der Waals surface area contributed by atoms with Gasteiger partial charge in [0, 0.05) is 5.56 Å². The molecule has 2 N–H and O–H groups in total. The lowest BCUT2D eigenvalue weighted by atomic mass is 10.0. The van der Waals surface area contributed by atoms with Gasteiger partial charge in [-0.05, 0) is 41.5 Å². The lowest BCUT2D eigenvalue weighted by Crippen LogP contribution is -2.12. The number of benzene rings is 1. The molecule has 0 radical (unpaired) electrons. The summed E-state index contributed by atoms with van der Waals surface area (Å²) in [5, 5.41) is 12.0. The van der Waals surface area contributed by atoms with E-state index in [1.165, 1.54) is 6.07 Å². The number of aromatic nitrogens is 4. The fraction of sp³-hybridized carbons (Fsp3) is 0.533. The molecule has 1 heterocycles. The third kappa shape index (κ3) is 3.56. The standard InChI is InChI=1S/C15H22FN5/c1-3-5-7-12(6-4-2)21-15(18-19-20-21)11-8-9-14(17)13(16)10-11/h8-10,12H,3-7,17H2,1-2H3. The van der Waals surface area contributed by atoms with E-state index in [2.05, 4.69) is 29.4 Å². The number of hydrogen-bond donors (Lipinski definition) is 1. The van der Waals surface area contributed by atoms with E-state index in [9.17, 15) is 4.39 Å². The summed E-state index contributed by atoms with van der Waals surface area (Å²) < 4.78 is 15.5. The Morgan fingerprint density at radius 1 is 1.24 bits per heavy atom. The fourth-order valence-corrected chi connectivity index (χ4v) is 2.46. The Hall–Kier alpha value is -1.98. The minimum atomic E-state index is -0.442. The Morgan fingerprint density at radius 2 is 2.05 bits per heavy atom. The Kier molecular flexibility index (Phi) is 5.25. The number of hydrogen-bond acceptors (Lipinski definition) is 4. The van der Waals surface area contributed by atoms with Gasteiger partial charge in [0.15, 0.2) is 5.82 Å². The van der Waals surface area contributed by atoms with Crippen LogP contribution in [0, 0.1) is 5.82 Å². The Bertz CT molecular complexity index is 581. The van der Waals surface area contributed by atoms with E-state index in [0.717, 1.165) is 32.1 Å². The zero-order valence-electron chi connectivity index (χ0n) is 12.6. The van der Waals surface area contributed by atoms with Crippen LogP contribution in [0.3, 0.4) is 0 Å². The SMILES string of the molecule is CCCCC(CCC)n1nnnc1-c1ccc(N)c(F)c1. The normalized spacial score (nSPS) is 12.5. The van der Waals surface area contributed by atoms with Gasteiger partial charge in [0.05, 0.1) is 11.7 Å². The molecule has 0 saturated carbocycles. The van der Waals surface area contributed by atoms with Crippen molar-refractivity contribution in [1.29, 1.82) is 0 Å². The van der Waals surface area contributed by atoms with Gasteiger partial charge in [0.1, 0.15) is 5.82 Å². The molecule has 5 nitrogen and oxygen atoms in total. The van der Waals surface area contributed by atoms with Crippen LogP contribution in [-0.4, -0.2) is 20.2 Å². The van der Waals surface area contributed by atoms with Gasteiger partial charge in [0.25, 0.3) is 0 Å². The number of nitrogens with zero attached hydrogens (tertiary/aromatic N) is 4. The van der Waals surface area contributed by atoms with E-state index >= 15 is 0 Å². The average molecular weight is 291 g/mol. The van der Waals surface area contributed by atoms with Crippen molar-refractivity contribution in [2.45, 2.75) is 52.0 Å². The summed E-state index contributed by atoms with van der Waals surface area (Å²) in [6.45, 7) is 4.31. The van der Waals surface area contributed by atoms with Crippen molar-refractivity contribution in [2.24, 2.45) is 0 Å². The molecule has 0 aliphatic carbocycles. The molecule has 0 aliphatic heterocycles. The van der Waals surface area contributed by atoms with Crippen molar-refractivity contribution in [2.75, 3.05) is 5.73 Å². The maximum atomic E-state index is 13.7. The van der Waals surface area contributed by atoms with Crippen LogP contribution in [0.15, 0.2) is 18.2 Å². The van der Waals surface area contributed by atoms with Crippen LogP contribution in [0.2, 0.25) is 0 Å². The van der Waals surface area contributed by atoms with Gasteiger partial charge in [-0.25, -0.2) is 9.07 Å². The summed E-state index contributed by atoms with van der Waals surface area (Å²) in [7, 11) is 0. The summed E-state index contributed by atoms with van der Waals surface area (Å²) in [6.07, 6.45) is 5.35. The largest absolute Gasteiger partial charge is 0.396 e. The quantitative estimate of drug-likeness (QED) is 0.791. The van der Waals surface area contributed by atoms with Gasteiger partial charge >= 0.3 is 0 Å². The molecule has 1 unspecified atom stereocenters. The van der Waals surface area contributed by atoms with E-state index < -0.39 is 5.82 Å². The zero-order valence-corrected chi connectivity index (χ0v) is 12.6. The first-order valence-corrected chi connectivity index (χ1v) is 7.50. The van der Waals surface area contributed by atoms with Crippen LogP contribution in [0.5, 0.6) is 0 Å². The van der Waals surface area contributed by atoms with Gasteiger partial charge in [-0.3, -0.25) is 0 Å². The highest BCUT2D eigenvalue weighted by Crippen LogP contribution is 2.27. The molecule has 21 heavy (non-hydrogen) atoms. The van der Waals surface area contributed by atoms with E-state index in [4.69, 9.17) is 5.73 Å². The topological polar surface area (TPSA) is 69.6 Å². The first-order valence-electron chi connectivity index (χ1n) is 7.50. The zero-order chi connectivity index (χ0) is 15.2. The molecule has 0 saturated heterocycles. The predicted octanol–water partition coefficient (Wildman–Crippen LogP) is 3.59. The number of nitrogens with two attached hydrogens (primary N) is 1. The monoisotopic (exact) mass is 291 g/mol. The van der Waals surface area contributed by atoms with Crippen molar-refractivity contribution in [3.8, 4) is 11.4 Å².